The number of benzene rings is 7. The van der Waals surface area contributed by atoms with Crippen LogP contribution >= 0.6 is 22.7 Å². The summed E-state index contributed by atoms with van der Waals surface area (Å²) in [4.78, 5) is 15.5. The quantitative estimate of drug-likeness (QED) is 0.173. The fourth-order valence-electron chi connectivity index (χ4n) is 6.96. The molecule has 10 aromatic rings. The SMILES string of the molecule is c1ccc(-c2ccc(-c3cc(-c4cccc5sc6ccc(-c7nc8ccccc8s7)cc6c45)nc(-c4cccc(-c5ccccc5)c4)n3)cc2)cc1. The third-order valence-corrected chi connectivity index (χ3v) is 11.8. The Morgan fingerprint density at radius 1 is 0.346 bits per heavy atom. The Labute approximate surface area is 309 Å². The highest BCUT2D eigenvalue weighted by Gasteiger charge is 2.17. The zero-order valence-electron chi connectivity index (χ0n) is 27.9. The van der Waals surface area contributed by atoms with Crippen molar-refractivity contribution in [2.24, 2.45) is 0 Å². The fourth-order valence-corrected chi connectivity index (χ4v) is 9.04. The summed E-state index contributed by atoms with van der Waals surface area (Å²) in [6.45, 7) is 0. The van der Waals surface area contributed by atoms with E-state index in [2.05, 4.69) is 158 Å². The van der Waals surface area contributed by atoms with Crippen LogP contribution in [-0.4, -0.2) is 15.0 Å². The van der Waals surface area contributed by atoms with Gasteiger partial charge in [0.2, 0.25) is 0 Å². The summed E-state index contributed by atoms with van der Waals surface area (Å²) in [5.74, 6) is 0.698. The average molecular weight is 700 g/mol. The summed E-state index contributed by atoms with van der Waals surface area (Å²) in [6, 6.07) is 62.0. The zero-order valence-corrected chi connectivity index (χ0v) is 29.5. The number of hydrogen-bond donors (Lipinski definition) is 0. The van der Waals surface area contributed by atoms with Gasteiger partial charge in [-0.25, -0.2) is 15.0 Å². The molecule has 0 spiro atoms. The van der Waals surface area contributed by atoms with Gasteiger partial charge < -0.3 is 0 Å². The van der Waals surface area contributed by atoms with E-state index in [0.29, 0.717) is 5.82 Å². The molecule has 3 nitrogen and oxygen atoms in total. The number of para-hydroxylation sites is 1. The second kappa shape index (κ2) is 12.8. The maximum atomic E-state index is 5.33. The van der Waals surface area contributed by atoms with Crippen LogP contribution < -0.4 is 0 Å². The summed E-state index contributed by atoms with van der Waals surface area (Å²) < 4.78 is 3.67. The molecule has 0 aliphatic heterocycles. The van der Waals surface area contributed by atoms with Crippen LogP contribution in [-0.2, 0) is 0 Å². The molecule has 0 amide bonds. The summed E-state index contributed by atoms with van der Waals surface area (Å²) >= 11 is 3.56. The lowest BCUT2D eigenvalue weighted by Gasteiger charge is -2.12. The summed E-state index contributed by atoms with van der Waals surface area (Å²) in [5.41, 5.74) is 11.7. The number of nitrogens with zero attached hydrogens (tertiary/aromatic N) is 3. The highest BCUT2D eigenvalue weighted by Crippen LogP contribution is 2.43. The predicted octanol–water partition coefficient (Wildman–Crippen LogP) is 13.5. The van der Waals surface area contributed by atoms with Gasteiger partial charge in [-0.15, -0.1) is 22.7 Å². The van der Waals surface area contributed by atoms with E-state index >= 15 is 0 Å². The second-order valence-corrected chi connectivity index (χ2v) is 14.9. The molecule has 10 rings (SSSR count). The van der Waals surface area contributed by atoms with Crippen molar-refractivity contribution < 1.29 is 0 Å². The van der Waals surface area contributed by atoms with Gasteiger partial charge in [0.25, 0.3) is 0 Å². The second-order valence-electron chi connectivity index (χ2n) is 12.8. The molecule has 3 aromatic heterocycles. The van der Waals surface area contributed by atoms with Crippen molar-refractivity contribution in [1.29, 1.82) is 0 Å². The van der Waals surface area contributed by atoms with Crippen LogP contribution in [0.5, 0.6) is 0 Å². The van der Waals surface area contributed by atoms with E-state index < -0.39 is 0 Å². The Morgan fingerprint density at radius 2 is 0.962 bits per heavy atom. The molecule has 0 aliphatic rings. The lowest BCUT2D eigenvalue weighted by molar-refractivity contribution is 1.19. The van der Waals surface area contributed by atoms with Crippen LogP contribution in [0.3, 0.4) is 0 Å². The maximum absolute atomic E-state index is 5.33. The molecule has 0 N–H and O–H groups in total. The number of rotatable bonds is 6. The zero-order chi connectivity index (χ0) is 34.4. The molecule has 0 unspecified atom stereocenters. The summed E-state index contributed by atoms with van der Waals surface area (Å²) in [6.07, 6.45) is 0. The number of thiazole rings is 1. The minimum atomic E-state index is 0.698. The van der Waals surface area contributed by atoms with E-state index in [-0.39, 0.29) is 0 Å². The van der Waals surface area contributed by atoms with Crippen LogP contribution in [0, 0.1) is 0 Å². The van der Waals surface area contributed by atoms with Crippen molar-refractivity contribution in [3.8, 4) is 66.7 Å². The van der Waals surface area contributed by atoms with E-state index in [1.807, 2.05) is 29.5 Å². The standard InChI is InChI=1S/C47H29N3S2/c1-3-11-30(12-4-1)32-21-23-33(24-22-32)40-29-41(49-46(48-40)35-16-9-15-34(27-35)31-13-5-2-6-14-31)37-17-10-20-44-45(37)38-28-36(25-26-42(38)51-44)47-50-39-18-7-8-19-43(39)52-47/h1-29H. The number of thiophene rings is 1. The molecule has 0 fully saturated rings. The average Bonchev–Trinajstić information content (AvgIpc) is 3.83. The van der Waals surface area contributed by atoms with Gasteiger partial charge in [0.1, 0.15) is 5.01 Å². The molecule has 3 heterocycles. The Morgan fingerprint density at radius 3 is 1.77 bits per heavy atom. The minimum Gasteiger partial charge on any atom is -0.236 e. The molecule has 52 heavy (non-hydrogen) atoms. The van der Waals surface area contributed by atoms with E-state index in [1.165, 1.54) is 36.0 Å². The van der Waals surface area contributed by atoms with Crippen molar-refractivity contribution in [3.63, 3.8) is 0 Å². The molecule has 0 aliphatic carbocycles. The number of hydrogen-bond acceptors (Lipinski definition) is 5. The van der Waals surface area contributed by atoms with Crippen LogP contribution in [0.15, 0.2) is 176 Å². The third-order valence-electron chi connectivity index (χ3n) is 9.55. The van der Waals surface area contributed by atoms with Crippen molar-refractivity contribution >= 4 is 53.1 Å². The van der Waals surface area contributed by atoms with E-state index in [1.54, 1.807) is 11.3 Å². The highest BCUT2D eigenvalue weighted by molar-refractivity contribution is 7.26. The number of fused-ring (bicyclic) bond motifs is 4. The highest BCUT2D eigenvalue weighted by atomic mass is 32.1. The van der Waals surface area contributed by atoms with Gasteiger partial charge in [0, 0.05) is 42.4 Å². The molecule has 0 saturated carbocycles. The smallest absolute Gasteiger partial charge is 0.160 e. The molecule has 0 saturated heterocycles. The van der Waals surface area contributed by atoms with Crippen molar-refractivity contribution in [2.45, 2.75) is 0 Å². The Balaban J connectivity index is 1.15. The molecular formula is C47H29N3S2. The van der Waals surface area contributed by atoms with Crippen LogP contribution in [0.2, 0.25) is 0 Å². The first-order valence-corrected chi connectivity index (χ1v) is 18.9. The monoisotopic (exact) mass is 699 g/mol. The Bertz CT molecular complexity index is 2860. The molecule has 0 atom stereocenters. The third kappa shape index (κ3) is 5.57. The lowest BCUT2D eigenvalue weighted by atomic mass is 9.99. The first kappa shape index (κ1) is 30.5. The first-order valence-electron chi connectivity index (χ1n) is 17.3. The molecule has 7 aromatic carbocycles. The van der Waals surface area contributed by atoms with Crippen molar-refractivity contribution in [2.75, 3.05) is 0 Å². The van der Waals surface area contributed by atoms with Crippen LogP contribution in [0.1, 0.15) is 0 Å². The molecule has 0 radical (unpaired) electrons. The van der Waals surface area contributed by atoms with Gasteiger partial charge >= 0.3 is 0 Å². The van der Waals surface area contributed by atoms with Gasteiger partial charge in [-0.2, -0.15) is 0 Å². The van der Waals surface area contributed by atoms with Crippen molar-refractivity contribution in [3.05, 3.63) is 176 Å². The largest absolute Gasteiger partial charge is 0.236 e. The Kier molecular flexibility index (Phi) is 7.52. The molecule has 0 bridgehead atoms. The molecular weight excluding hydrogens is 671 g/mol. The fraction of sp³-hybridized carbons (Fsp3) is 0. The Hall–Kier alpha value is -6.27. The van der Waals surface area contributed by atoms with Gasteiger partial charge in [-0.05, 0) is 64.7 Å². The van der Waals surface area contributed by atoms with Crippen LogP contribution in [0.25, 0.3) is 97.1 Å². The molecule has 5 heteroatoms. The van der Waals surface area contributed by atoms with Gasteiger partial charge in [-0.1, -0.05) is 133 Å². The van der Waals surface area contributed by atoms with Crippen molar-refractivity contribution in [1.82, 2.24) is 15.0 Å². The normalized spacial score (nSPS) is 11.5. The van der Waals surface area contributed by atoms with Crippen LogP contribution in [0.4, 0.5) is 0 Å². The van der Waals surface area contributed by atoms with E-state index in [4.69, 9.17) is 15.0 Å². The lowest BCUT2D eigenvalue weighted by Crippen LogP contribution is -1.96. The number of aromatic nitrogens is 3. The summed E-state index contributed by atoms with van der Waals surface area (Å²) in [5, 5.41) is 3.45. The van der Waals surface area contributed by atoms with Gasteiger partial charge in [0.05, 0.1) is 21.6 Å². The first-order chi connectivity index (χ1) is 25.7. The topological polar surface area (TPSA) is 38.7 Å². The van der Waals surface area contributed by atoms with E-state index in [0.717, 1.165) is 55.3 Å². The van der Waals surface area contributed by atoms with E-state index in [9.17, 15) is 0 Å². The van der Waals surface area contributed by atoms with Gasteiger partial charge in [0.15, 0.2) is 5.82 Å². The summed E-state index contributed by atoms with van der Waals surface area (Å²) in [7, 11) is 0. The van der Waals surface area contributed by atoms with Gasteiger partial charge in [-0.3, -0.25) is 0 Å². The predicted molar refractivity (Wildman–Crippen MR) is 221 cm³/mol. The molecule has 244 valence electrons. The minimum absolute atomic E-state index is 0.698. The maximum Gasteiger partial charge on any atom is 0.160 e.